The molecule has 0 unspecified atom stereocenters. The first-order valence-corrected chi connectivity index (χ1v) is 8.13. The van der Waals surface area contributed by atoms with Gasteiger partial charge in [0.15, 0.2) is 5.82 Å². The highest BCUT2D eigenvalue weighted by Gasteiger charge is 2.23. The highest BCUT2D eigenvalue weighted by Crippen LogP contribution is 2.19. The number of furan rings is 1. The summed E-state index contributed by atoms with van der Waals surface area (Å²) in [5.41, 5.74) is 1.09. The van der Waals surface area contributed by atoms with E-state index >= 15 is 0 Å². The Hall–Kier alpha value is -2.46. The van der Waals surface area contributed by atoms with Crippen molar-refractivity contribution >= 4 is 10.0 Å². The molecule has 0 spiro atoms. The normalized spacial score (nSPS) is 12.2. The van der Waals surface area contributed by atoms with E-state index in [2.05, 4.69) is 15.2 Å². The van der Waals surface area contributed by atoms with Gasteiger partial charge in [0.05, 0.1) is 17.5 Å². The van der Waals surface area contributed by atoms with E-state index in [0.717, 1.165) is 4.31 Å². The zero-order valence-corrected chi connectivity index (χ0v) is 13.6. The van der Waals surface area contributed by atoms with E-state index in [9.17, 15) is 8.42 Å². The van der Waals surface area contributed by atoms with Gasteiger partial charge >= 0.3 is 0 Å². The molecule has 3 aromatic heterocycles. The number of nitrogens with zero attached hydrogens (tertiary/aromatic N) is 5. The van der Waals surface area contributed by atoms with Gasteiger partial charge in [-0.15, -0.1) is 0 Å². The maximum atomic E-state index is 12.2. The van der Waals surface area contributed by atoms with Crippen LogP contribution in [0.25, 0.3) is 11.5 Å². The molecule has 3 heterocycles. The third-order valence-corrected chi connectivity index (χ3v) is 5.12. The van der Waals surface area contributed by atoms with Crippen LogP contribution in [0.4, 0.5) is 0 Å². The molecule has 0 radical (unpaired) electrons. The van der Waals surface area contributed by atoms with Crippen LogP contribution in [0.5, 0.6) is 0 Å². The second-order valence-electron chi connectivity index (χ2n) is 5.09. The minimum absolute atomic E-state index is 0.154. The maximum absolute atomic E-state index is 12.2. The zero-order valence-electron chi connectivity index (χ0n) is 12.8. The van der Waals surface area contributed by atoms with Crippen molar-refractivity contribution in [2.24, 2.45) is 0 Å². The predicted molar refractivity (Wildman–Crippen MR) is 78.9 cm³/mol. The molecule has 23 heavy (non-hydrogen) atoms. The molecule has 122 valence electrons. The predicted octanol–water partition coefficient (Wildman–Crippen LogP) is 1.13. The van der Waals surface area contributed by atoms with E-state index in [1.165, 1.54) is 37.5 Å². The quantitative estimate of drug-likeness (QED) is 0.687. The Bertz CT molecular complexity index is 908. The van der Waals surface area contributed by atoms with E-state index in [1.54, 1.807) is 13.0 Å². The van der Waals surface area contributed by atoms with Crippen LogP contribution in [0.2, 0.25) is 0 Å². The fourth-order valence-corrected chi connectivity index (χ4v) is 3.06. The Kier molecular flexibility index (Phi) is 3.78. The van der Waals surface area contributed by atoms with Gasteiger partial charge in [-0.2, -0.15) is 10.1 Å². The van der Waals surface area contributed by atoms with Gasteiger partial charge in [-0.1, -0.05) is 5.16 Å². The Balaban J connectivity index is 1.85. The highest BCUT2D eigenvalue weighted by atomic mass is 32.2. The molecule has 10 heteroatoms. The molecule has 3 rings (SSSR count). The summed E-state index contributed by atoms with van der Waals surface area (Å²) in [5.74, 6) is 0.719. The van der Waals surface area contributed by atoms with E-state index in [1.807, 2.05) is 0 Å². The molecule has 0 aliphatic carbocycles. The van der Waals surface area contributed by atoms with Crippen molar-refractivity contribution in [1.82, 2.24) is 24.2 Å². The van der Waals surface area contributed by atoms with Crippen LogP contribution in [0.3, 0.4) is 0 Å². The number of aromatic nitrogens is 4. The number of rotatable bonds is 5. The number of aryl methyl sites for hydroxylation is 1. The lowest BCUT2D eigenvalue weighted by molar-refractivity contribution is 0.418. The van der Waals surface area contributed by atoms with Gasteiger partial charge < -0.3 is 8.94 Å². The molecule has 0 saturated heterocycles. The summed E-state index contributed by atoms with van der Waals surface area (Å²) in [7, 11) is -0.587. The summed E-state index contributed by atoms with van der Waals surface area (Å²) < 4.78 is 37.1. The Morgan fingerprint density at radius 1 is 1.35 bits per heavy atom. The van der Waals surface area contributed by atoms with Crippen molar-refractivity contribution in [1.29, 1.82) is 0 Å². The third kappa shape index (κ3) is 2.90. The van der Waals surface area contributed by atoms with Crippen molar-refractivity contribution in [3.05, 3.63) is 36.3 Å². The summed E-state index contributed by atoms with van der Waals surface area (Å²) in [6.45, 7) is 1.84. The summed E-state index contributed by atoms with van der Waals surface area (Å²) >= 11 is 0. The average molecular weight is 337 g/mol. The van der Waals surface area contributed by atoms with Crippen LogP contribution >= 0.6 is 0 Å². The molecule has 9 nitrogen and oxygen atoms in total. The molecular formula is C13H15N5O4S. The van der Waals surface area contributed by atoms with Crippen molar-refractivity contribution in [2.45, 2.75) is 18.4 Å². The second kappa shape index (κ2) is 5.63. The first kappa shape index (κ1) is 15.4. The summed E-state index contributed by atoms with van der Waals surface area (Å²) in [5, 5.41) is 8.05. The van der Waals surface area contributed by atoms with E-state index in [0.29, 0.717) is 23.0 Å². The Morgan fingerprint density at radius 2 is 2.13 bits per heavy atom. The second-order valence-corrected chi connectivity index (χ2v) is 7.21. The van der Waals surface area contributed by atoms with Crippen molar-refractivity contribution in [3.63, 3.8) is 0 Å². The zero-order chi connectivity index (χ0) is 16.6. The first-order valence-electron chi connectivity index (χ1n) is 6.69. The third-order valence-electron chi connectivity index (χ3n) is 3.20. The SMILES string of the molecule is Cc1nn(Cc2noc(-c3ccoc3)n2)cc1S(=O)(=O)N(C)C. The van der Waals surface area contributed by atoms with Crippen molar-refractivity contribution in [2.75, 3.05) is 14.1 Å². The number of sulfonamides is 1. The van der Waals surface area contributed by atoms with E-state index < -0.39 is 10.0 Å². The standard InChI is InChI=1S/C13H15N5O4S/c1-9-11(23(19,20)17(2)3)6-18(15-9)7-12-14-13(22-16-12)10-4-5-21-8-10/h4-6,8H,7H2,1-3H3. The van der Waals surface area contributed by atoms with Crippen molar-refractivity contribution < 1.29 is 17.4 Å². The fraction of sp³-hybridized carbons (Fsp3) is 0.308. The molecule has 0 saturated carbocycles. The topological polar surface area (TPSA) is 107 Å². The van der Waals surface area contributed by atoms with Crippen LogP contribution in [-0.4, -0.2) is 46.7 Å². The van der Waals surface area contributed by atoms with E-state index in [4.69, 9.17) is 8.94 Å². The average Bonchev–Trinajstić information content (AvgIpc) is 3.19. The highest BCUT2D eigenvalue weighted by molar-refractivity contribution is 7.89. The van der Waals surface area contributed by atoms with Gasteiger partial charge in [0.25, 0.3) is 5.89 Å². The summed E-state index contributed by atoms with van der Waals surface area (Å²) in [4.78, 5) is 4.38. The molecule has 0 fully saturated rings. The van der Waals surface area contributed by atoms with E-state index in [-0.39, 0.29) is 11.4 Å². The lowest BCUT2D eigenvalue weighted by Crippen LogP contribution is -2.22. The van der Waals surface area contributed by atoms with Gasteiger partial charge in [-0.25, -0.2) is 12.7 Å². The minimum Gasteiger partial charge on any atom is -0.472 e. The minimum atomic E-state index is -3.54. The van der Waals surface area contributed by atoms with Gasteiger partial charge in [-0.3, -0.25) is 4.68 Å². The maximum Gasteiger partial charge on any atom is 0.261 e. The summed E-state index contributed by atoms with van der Waals surface area (Å²) in [6.07, 6.45) is 4.46. The van der Waals surface area contributed by atoms with Gasteiger partial charge in [-0.05, 0) is 13.0 Å². The molecule has 0 N–H and O–H groups in total. The molecule has 0 amide bonds. The largest absolute Gasteiger partial charge is 0.472 e. The summed E-state index contributed by atoms with van der Waals surface area (Å²) in [6, 6.07) is 1.71. The molecular weight excluding hydrogens is 322 g/mol. The monoisotopic (exact) mass is 337 g/mol. The van der Waals surface area contributed by atoms with Crippen LogP contribution in [-0.2, 0) is 16.6 Å². The molecule has 0 aliphatic rings. The molecule has 0 bridgehead atoms. The van der Waals surface area contributed by atoms with Crippen LogP contribution in [0, 0.1) is 6.92 Å². The lowest BCUT2D eigenvalue weighted by atomic mass is 10.3. The molecule has 0 aromatic carbocycles. The van der Waals surface area contributed by atoms with Crippen molar-refractivity contribution in [3.8, 4) is 11.5 Å². The smallest absolute Gasteiger partial charge is 0.261 e. The lowest BCUT2D eigenvalue weighted by Gasteiger charge is -2.09. The Morgan fingerprint density at radius 3 is 2.78 bits per heavy atom. The number of hydrogen-bond acceptors (Lipinski definition) is 7. The van der Waals surface area contributed by atoms with Crippen LogP contribution < -0.4 is 0 Å². The molecule has 3 aromatic rings. The first-order chi connectivity index (χ1) is 10.9. The van der Waals surface area contributed by atoms with Gasteiger partial charge in [0, 0.05) is 20.3 Å². The number of hydrogen-bond donors (Lipinski definition) is 0. The van der Waals surface area contributed by atoms with Gasteiger partial charge in [0.2, 0.25) is 10.0 Å². The van der Waals surface area contributed by atoms with Gasteiger partial charge in [0.1, 0.15) is 17.7 Å². The Labute approximate surface area is 132 Å². The van der Waals surface area contributed by atoms with Crippen LogP contribution in [0.1, 0.15) is 11.5 Å². The molecule has 0 aliphatic heterocycles. The van der Waals surface area contributed by atoms with Crippen LogP contribution in [0.15, 0.2) is 38.6 Å². The fourth-order valence-electron chi connectivity index (χ4n) is 2.00. The molecule has 0 atom stereocenters.